The van der Waals surface area contributed by atoms with Gasteiger partial charge in [0.15, 0.2) is 0 Å². The quantitative estimate of drug-likeness (QED) is 0.676. The van der Waals surface area contributed by atoms with Crippen molar-refractivity contribution in [3.8, 4) is 5.19 Å². The summed E-state index contributed by atoms with van der Waals surface area (Å²) < 4.78 is 5.05. The predicted octanol–water partition coefficient (Wildman–Crippen LogP) is 1.12. The molecule has 0 saturated heterocycles. The van der Waals surface area contributed by atoms with E-state index in [1.54, 1.807) is 5.38 Å². The van der Waals surface area contributed by atoms with Gasteiger partial charge in [0, 0.05) is 5.38 Å². The average molecular weight is 144 g/mol. The van der Waals surface area contributed by atoms with Crippen molar-refractivity contribution >= 4 is 17.2 Å². The number of hydrogen-bond donors (Lipinski definition) is 1. The Balaban J connectivity index is 2.61. The molecule has 0 aliphatic heterocycles. The van der Waals surface area contributed by atoms with Crippen LogP contribution < -0.4 is 10.5 Å². The van der Waals surface area contributed by atoms with E-state index in [0.717, 1.165) is 0 Å². The molecular weight excluding hydrogens is 136 g/mol. The summed E-state index contributed by atoms with van der Waals surface area (Å²) in [5.74, 6) is 0.531. The number of aromatic nitrogens is 1. The van der Waals surface area contributed by atoms with Gasteiger partial charge in [-0.1, -0.05) is 11.3 Å². The second-order valence-electron chi connectivity index (χ2n) is 1.47. The lowest BCUT2D eigenvalue weighted by Gasteiger charge is -1.92. The van der Waals surface area contributed by atoms with Crippen molar-refractivity contribution < 1.29 is 4.74 Å². The summed E-state index contributed by atoms with van der Waals surface area (Å²) in [6.45, 7) is 2.56. The largest absolute Gasteiger partial charge is 0.470 e. The van der Waals surface area contributed by atoms with Crippen molar-refractivity contribution in [1.29, 1.82) is 0 Å². The number of nitrogens with zero attached hydrogens (tertiary/aromatic N) is 1. The molecule has 2 N–H and O–H groups in total. The standard InChI is InChI=1S/C5H8N2OS/c1-2-8-5-7-4(6)3-9-5/h3H,2,6H2,1H3. The minimum atomic E-state index is 0.531. The minimum Gasteiger partial charge on any atom is -0.470 e. The van der Waals surface area contributed by atoms with Gasteiger partial charge in [-0.2, -0.15) is 4.98 Å². The first-order valence-electron chi connectivity index (χ1n) is 2.66. The smallest absolute Gasteiger partial charge is 0.275 e. The Labute approximate surface area is 57.5 Å². The minimum absolute atomic E-state index is 0.531. The number of rotatable bonds is 2. The van der Waals surface area contributed by atoms with Gasteiger partial charge in [0.2, 0.25) is 0 Å². The monoisotopic (exact) mass is 144 g/mol. The maximum Gasteiger partial charge on any atom is 0.275 e. The van der Waals surface area contributed by atoms with E-state index >= 15 is 0 Å². The fourth-order valence-corrected chi connectivity index (χ4v) is 1.08. The average Bonchev–Trinajstić information content (AvgIpc) is 2.17. The molecule has 0 bridgehead atoms. The molecule has 0 aliphatic carbocycles. The fourth-order valence-electron chi connectivity index (χ4n) is 0.459. The Morgan fingerprint density at radius 1 is 1.89 bits per heavy atom. The van der Waals surface area contributed by atoms with Gasteiger partial charge in [-0.3, -0.25) is 0 Å². The molecule has 0 spiro atoms. The van der Waals surface area contributed by atoms with Crippen LogP contribution in [-0.4, -0.2) is 11.6 Å². The maximum atomic E-state index is 5.33. The molecule has 0 aliphatic rings. The van der Waals surface area contributed by atoms with Crippen LogP contribution in [0, 0.1) is 0 Å². The zero-order valence-electron chi connectivity index (χ0n) is 5.13. The summed E-state index contributed by atoms with van der Waals surface area (Å²) in [4.78, 5) is 3.87. The molecule has 3 nitrogen and oxygen atoms in total. The van der Waals surface area contributed by atoms with E-state index in [1.807, 2.05) is 6.92 Å². The highest BCUT2D eigenvalue weighted by molar-refractivity contribution is 7.11. The van der Waals surface area contributed by atoms with Crippen LogP contribution in [0.3, 0.4) is 0 Å². The Morgan fingerprint density at radius 2 is 2.67 bits per heavy atom. The Bertz CT molecular complexity index is 187. The SMILES string of the molecule is CCOc1nc(N)cs1. The van der Waals surface area contributed by atoms with Crippen LogP contribution in [0.2, 0.25) is 0 Å². The third-order valence-electron chi connectivity index (χ3n) is 0.769. The molecule has 1 aromatic rings. The van der Waals surface area contributed by atoms with Crippen molar-refractivity contribution in [2.45, 2.75) is 6.92 Å². The van der Waals surface area contributed by atoms with Gasteiger partial charge in [0.25, 0.3) is 5.19 Å². The van der Waals surface area contributed by atoms with Crippen molar-refractivity contribution in [3.05, 3.63) is 5.38 Å². The lowest BCUT2D eigenvalue weighted by atomic mass is 10.8. The molecule has 4 heteroatoms. The van der Waals surface area contributed by atoms with Crippen molar-refractivity contribution in [2.24, 2.45) is 0 Å². The highest BCUT2D eigenvalue weighted by Crippen LogP contribution is 2.18. The molecule has 0 aromatic carbocycles. The molecule has 50 valence electrons. The summed E-state index contributed by atoms with van der Waals surface area (Å²) in [6, 6.07) is 0. The Kier molecular flexibility index (Phi) is 1.89. The van der Waals surface area contributed by atoms with E-state index in [4.69, 9.17) is 10.5 Å². The van der Waals surface area contributed by atoms with Crippen molar-refractivity contribution in [2.75, 3.05) is 12.3 Å². The van der Waals surface area contributed by atoms with Gasteiger partial charge in [-0.25, -0.2) is 0 Å². The molecule has 1 heterocycles. The number of nitrogens with two attached hydrogens (primary N) is 1. The number of hydrogen-bond acceptors (Lipinski definition) is 4. The highest BCUT2D eigenvalue weighted by atomic mass is 32.1. The number of anilines is 1. The summed E-state index contributed by atoms with van der Waals surface area (Å²) in [7, 11) is 0. The molecule has 0 saturated carbocycles. The molecule has 1 aromatic heterocycles. The summed E-state index contributed by atoms with van der Waals surface area (Å²) in [6.07, 6.45) is 0. The van der Waals surface area contributed by atoms with E-state index in [1.165, 1.54) is 11.3 Å². The van der Waals surface area contributed by atoms with Crippen LogP contribution in [0.15, 0.2) is 5.38 Å². The second kappa shape index (κ2) is 2.68. The highest BCUT2D eigenvalue weighted by Gasteiger charge is 1.95. The Hall–Kier alpha value is -0.770. The van der Waals surface area contributed by atoms with Crippen molar-refractivity contribution in [1.82, 2.24) is 4.98 Å². The number of ether oxygens (including phenoxy) is 1. The lowest BCUT2D eigenvalue weighted by Crippen LogP contribution is -1.90. The third-order valence-corrected chi connectivity index (χ3v) is 1.54. The van der Waals surface area contributed by atoms with Crippen LogP contribution >= 0.6 is 11.3 Å². The van der Waals surface area contributed by atoms with Crippen LogP contribution in [0.5, 0.6) is 5.19 Å². The molecule has 0 atom stereocenters. The topological polar surface area (TPSA) is 48.1 Å². The molecular formula is C5H8N2OS. The molecule has 0 radical (unpaired) electrons. The van der Waals surface area contributed by atoms with Gasteiger partial charge in [0.1, 0.15) is 5.82 Å². The van der Waals surface area contributed by atoms with Crippen molar-refractivity contribution in [3.63, 3.8) is 0 Å². The molecule has 0 fully saturated rings. The van der Waals surface area contributed by atoms with Crippen LogP contribution in [0.25, 0.3) is 0 Å². The zero-order chi connectivity index (χ0) is 6.69. The first kappa shape index (κ1) is 6.35. The number of nitrogen functional groups attached to an aromatic ring is 1. The zero-order valence-corrected chi connectivity index (χ0v) is 5.94. The van der Waals surface area contributed by atoms with Crippen LogP contribution in [-0.2, 0) is 0 Å². The van der Waals surface area contributed by atoms with E-state index in [9.17, 15) is 0 Å². The van der Waals surface area contributed by atoms with Crippen LogP contribution in [0.1, 0.15) is 6.92 Å². The van der Waals surface area contributed by atoms with Gasteiger partial charge in [-0.15, -0.1) is 0 Å². The second-order valence-corrected chi connectivity index (χ2v) is 2.29. The lowest BCUT2D eigenvalue weighted by molar-refractivity contribution is 0.338. The predicted molar refractivity (Wildman–Crippen MR) is 37.7 cm³/mol. The molecule has 0 amide bonds. The van der Waals surface area contributed by atoms with E-state index < -0.39 is 0 Å². The first-order valence-corrected chi connectivity index (χ1v) is 3.54. The normalized spacial score (nSPS) is 9.44. The van der Waals surface area contributed by atoms with Gasteiger partial charge < -0.3 is 10.5 Å². The summed E-state index contributed by atoms with van der Waals surface area (Å²) >= 11 is 1.42. The van der Waals surface area contributed by atoms with Gasteiger partial charge in [-0.05, 0) is 6.92 Å². The van der Waals surface area contributed by atoms with E-state index in [0.29, 0.717) is 17.6 Å². The van der Waals surface area contributed by atoms with E-state index in [-0.39, 0.29) is 0 Å². The first-order chi connectivity index (χ1) is 4.33. The molecule has 9 heavy (non-hydrogen) atoms. The Morgan fingerprint density at radius 3 is 3.11 bits per heavy atom. The molecule has 1 rings (SSSR count). The summed E-state index contributed by atoms with van der Waals surface area (Å²) in [5, 5.41) is 2.40. The van der Waals surface area contributed by atoms with Crippen LogP contribution in [0.4, 0.5) is 5.82 Å². The van der Waals surface area contributed by atoms with Gasteiger partial charge in [0.05, 0.1) is 6.61 Å². The fraction of sp³-hybridized carbons (Fsp3) is 0.400. The van der Waals surface area contributed by atoms with Gasteiger partial charge >= 0.3 is 0 Å². The summed E-state index contributed by atoms with van der Waals surface area (Å²) in [5.41, 5.74) is 5.33. The third kappa shape index (κ3) is 1.57. The van der Waals surface area contributed by atoms with E-state index in [2.05, 4.69) is 4.98 Å². The maximum absolute atomic E-state index is 5.33. The molecule has 0 unspecified atom stereocenters. The number of thiazole rings is 1.